The van der Waals surface area contributed by atoms with E-state index in [1.165, 1.54) is 23.6 Å². The van der Waals surface area contributed by atoms with Gasteiger partial charge in [0.15, 0.2) is 11.2 Å². The maximum absolute atomic E-state index is 12.5. The molecule has 3 aromatic rings. The molecule has 1 fully saturated rings. The van der Waals surface area contributed by atoms with E-state index in [4.69, 9.17) is 0 Å². The van der Waals surface area contributed by atoms with Crippen LogP contribution in [0.1, 0.15) is 0 Å². The van der Waals surface area contributed by atoms with E-state index in [0.717, 1.165) is 30.7 Å². The summed E-state index contributed by atoms with van der Waals surface area (Å²) in [6, 6.07) is 10.3. The van der Waals surface area contributed by atoms with E-state index in [-0.39, 0.29) is 6.54 Å². The number of hydrogen-bond acceptors (Lipinski definition) is 6. The van der Waals surface area contributed by atoms with Crippen LogP contribution in [0.15, 0.2) is 46.2 Å². The molecule has 9 heteroatoms. The second-order valence-electron chi connectivity index (χ2n) is 7.55. The van der Waals surface area contributed by atoms with E-state index in [1.54, 1.807) is 11.6 Å². The molecule has 1 N–H and O–H groups in total. The molecule has 0 bridgehead atoms. The van der Waals surface area contributed by atoms with E-state index in [1.807, 2.05) is 18.2 Å². The zero-order chi connectivity index (χ0) is 20.5. The Balaban J connectivity index is 1.42. The molecule has 3 heterocycles. The summed E-state index contributed by atoms with van der Waals surface area (Å²) in [5.41, 5.74) is 1.08. The van der Waals surface area contributed by atoms with Gasteiger partial charge < -0.3 is 14.6 Å². The van der Waals surface area contributed by atoms with Gasteiger partial charge in [-0.25, -0.2) is 9.78 Å². The van der Waals surface area contributed by atoms with Crippen LogP contribution in [-0.4, -0.2) is 67.5 Å². The first-order valence-electron chi connectivity index (χ1n) is 9.77. The lowest BCUT2D eigenvalue weighted by Crippen LogP contribution is -2.49. The van der Waals surface area contributed by atoms with Crippen LogP contribution < -0.4 is 16.1 Å². The van der Waals surface area contributed by atoms with Crippen molar-refractivity contribution in [2.24, 2.45) is 14.1 Å². The Morgan fingerprint density at radius 2 is 1.69 bits per heavy atom. The van der Waals surface area contributed by atoms with Crippen molar-refractivity contribution < 1.29 is 5.11 Å². The number of aliphatic hydroxyl groups is 1. The average molecular weight is 398 g/mol. The van der Waals surface area contributed by atoms with Crippen LogP contribution in [-0.2, 0) is 20.6 Å². The fourth-order valence-corrected chi connectivity index (χ4v) is 3.95. The zero-order valence-corrected chi connectivity index (χ0v) is 16.7. The third kappa shape index (κ3) is 3.70. The number of imidazole rings is 1. The normalized spacial score (nSPS) is 16.4. The summed E-state index contributed by atoms with van der Waals surface area (Å²) in [6.45, 7) is 4.33. The van der Waals surface area contributed by atoms with Gasteiger partial charge >= 0.3 is 5.69 Å². The van der Waals surface area contributed by atoms with E-state index < -0.39 is 17.4 Å². The van der Waals surface area contributed by atoms with Gasteiger partial charge in [-0.2, -0.15) is 0 Å². The molecule has 0 saturated carbocycles. The van der Waals surface area contributed by atoms with Crippen molar-refractivity contribution in [3.05, 3.63) is 57.5 Å². The molecule has 0 aliphatic carbocycles. The van der Waals surface area contributed by atoms with Crippen molar-refractivity contribution >= 4 is 16.9 Å². The standard InChI is InChI=1S/C20H26N6O3/c1-22-18-17(19(28)23(2)20(22)29)26(14-21-18)13-16(27)12-24-8-10-25(11-9-24)15-6-4-3-5-7-15/h3-7,14,16,27H,8-13H2,1-2H3/t16-/m1/s1. The molecule has 1 atom stereocenters. The van der Waals surface area contributed by atoms with Gasteiger partial charge in [-0.15, -0.1) is 0 Å². The van der Waals surface area contributed by atoms with E-state index >= 15 is 0 Å². The molecule has 9 nitrogen and oxygen atoms in total. The molecule has 0 amide bonds. The lowest BCUT2D eigenvalue weighted by atomic mass is 10.2. The molecule has 1 aromatic carbocycles. The fraction of sp³-hybridized carbons (Fsp3) is 0.450. The molecule has 0 unspecified atom stereocenters. The van der Waals surface area contributed by atoms with Gasteiger partial charge in [0.05, 0.1) is 19.0 Å². The molecule has 0 radical (unpaired) electrons. The van der Waals surface area contributed by atoms with Crippen molar-refractivity contribution in [3.63, 3.8) is 0 Å². The van der Waals surface area contributed by atoms with Gasteiger partial charge in [0.1, 0.15) is 0 Å². The van der Waals surface area contributed by atoms with E-state index in [0.29, 0.717) is 17.7 Å². The number of β-amino-alcohol motifs (C(OH)–C–C–N with tert-alkyl or cyclic N) is 1. The van der Waals surface area contributed by atoms with Crippen LogP contribution in [0.4, 0.5) is 5.69 Å². The highest BCUT2D eigenvalue weighted by Crippen LogP contribution is 2.16. The quantitative estimate of drug-likeness (QED) is 0.630. The maximum Gasteiger partial charge on any atom is 0.332 e. The Morgan fingerprint density at radius 3 is 2.38 bits per heavy atom. The highest BCUT2D eigenvalue weighted by Gasteiger charge is 2.21. The summed E-state index contributed by atoms with van der Waals surface area (Å²) in [5, 5.41) is 10.6. The van der Waals surface area contributed by atoms with Crippen LogP contribution in [0.5, 0.6) is 0 Å². The number of rotatable bonds is 5. The van der Waals surface area contributed by atoms with Gasteiger partial charge in [-0.05, 0) is 12.1 Å². The Labute approximate surface area is 168 Å². The molecule has 1 aliphatic rings. The third-order valence-electron chi connectivity index (χ3n) is 5.59. The summed E-state index contributed by atoms with van der Waals surface area (Å²) >= 11 is 0. The second kappa shape index (κ2) is 7.84. The summed E-state index contributed by atoms with van der Waals surface area (Å²) < 4.78 is 4.06. The van der Waals surface area contributed by atoms with E-state index in [2.05, 4.69) is 26.9 Å². The molecular weight excluding hydrogens is 372 g/mol. The van der Waals surface area contributed by atoms with E-state index in [9.17, 15) is 14.7 Å². The molecular formula is C20H26N6O3. The monoisotopic (exact) mass is 398 g/mol. The first-order valence-corrected chi connectivity index (χ1v) is 9.77. The Bertz CT molecular complexity index is 1110. The summed E-state index contributed by atoms with van der Waals surface area (Å²) in [6.07, 6.45) is 0.875. The van der Waals surface area contributed by atoms with Gasteiger partial charge in [0.25, 0.3) is 5.56 Å². The third-order valence-corrected chi connectivity index (χ3v) is 5.59. The maximum atomic E-state index is 12.5. The van der Waals surface area contributed by atoms with Crippen molar-refractivity contribution in [2.75, 3.05) is 37.6 Å². The number of fused-ring (bicyclic) bond motifs is 1. The van der Waals surface area contributed by atoms with Gasteiger partial charge in [-0.3, -0.25) is 18.8 Å². The number of aliphatic hydroxyl groups excluding tert-OH is 1. The predicted octanol–water partition coefficient (Wildman–Crippen LogP) is -0.383. The number of aromatic nitrogens is 4. The number of piperazine rings is 1. The molecule has 1 aliphatic heterocycles. The number of para-hydroxylation sites is 1. The first-order chi connectivity index (χ1) is 14.0. The smallest absolute Gasteiger partial charge is 0.332 e. The van der Waals surface area contributed by atoms with Crippen LogP contribution in [0, 0.1) is 0 Å². The van der Waals surface area contributed by atoms with Crippen molar-refractivity contribution in [1.29, 1.82) is 0 Å². The first kappa shape index (κ1) is 19.4. The summed E-state index contributed by atoms with van der Waals surface area (Å²) in [4.78, 5) is 33.3. The summed E-state index contributed by atoms with van der Waals surface area (Å²) in [5.74, 6) is 0. The highest BCUT2D eigenvalue weighted by atomic mass is 16.3. The minimum absolute atomic E-state index is 0.253. The SMILES string of the molecule is Cn1c(=O)c2c(ncn2C[C@H](O)CN2CCN(c3ccccc3)CC2)n(C)c1=O. The van der Waals surface area contributed by atoms with Gasteiger partial charge in [0.2, 0.25) is 0 Å². The van der Waals surface area contributed by atoms with Crippen LogP contribution in [0.3, 0.4) is 0 Å². The lowest BCUT2D eigenvalue weighted by molar-refractivity contribution is 0.0958. The van der Waals surface area contributed by atoms with Crippen LogP contribution in [0.2, 0.25) is 0 Å². The Kier molecular flexibility index (Phi) is 5.25. The number of aryl methyl sites for hydroxylation is 1. The molecule has 1 saturated heterocycles. The number of nitrogens with zero attached hydrogens (tertiary/aromatic N) is 6. The van der Waals surface area contributed by atoms with Crippen molar-refractivity contribution in [3.8, 4) is 0 Å². The van der Waals surface area contributed by atoms with Crippen molar-refractivity contribution in [1.82, 2.24) is 23.6 Å². The minimum atomic E-state index is -0.641. The van der Waals surface area contributed by atoms with Crippen LogP contribution in [0.25, 0.3) is 11.2 Å². The number of anilines is 1. The Morgan fingerprint density at radius 1 is 1.00 bits per heavy atom. The fourth-order valence-electron chi connectivity index (χ4n) is 3.95. The minimum Gasteiger partial charge on any atom is -0.390 e. The van der Waals surface area contributed by atoms with Gasteiger partial charge in [-0.1, -0.05) is 18.2 Å². The lowest BCUT2D eigenvalue weighted by Gasteiger charge is -2.36. The molecule has 2 aromatic heterocycles. The summed E-state index contributed by atoms with van der Waals surface area (Å²) in [7, 11) is 3.04. The number of benzene rings is 1. The Hall–Kier alpha value is -2.91. The molecule has 0 spiro atoms. The highest BCUT2D eigenvalue weighted by molar-refractivity contribution is 5.69. The zero-order valence-electron chi connectivity index (χ0n) is 16.7. The molecule has 154 valence electrons. The van der Waals surface area contributed by atoms with Gasteiger partial charge in [0, 0.05) is 52.5 Å². The predicted molar refractivity (Wildman–Crippen MR) is 111 cm³/mol. The number of hydrogen-bond donors (Lipinski definition) is 1. The largest absolute Gasteiger partial charge is 0.390 e. The molecule has 4 rings (SSSR count). The molecule has 29 heavy (non-hydrogen) atoms. The van der Waals surface area contributed by atoms with Crippen LogP contribution >= 0.6 is 0 Å². The van der Waals surface area contributed by atoms with Crippen molar-refractivity contribution in [2.45, 2.75) is 12.6 Å². The average Bonchev–Trinajstić information content (AvgIpc) is 3.15. The topological polar surface area (TPSA) is 88.5 Å². The second-order valence-corrected chi connectivity index (χ2v) is 7.55.